The summed E-state index contributed by atoms with van der Waals surface area (Å²) in [5.74, 6) is 0.524. The lowest BCUT2D eigenvalue weighted by Crippen LogP contribution is -2.26. The number of amides is 2. The summed E-state index contributed by atoms with van der Waals surface area (Å²) in [6, 6.07) is 12.8. The molecule has 0 radical (unpaired) electrons. The van der Waals surface area contributed by atoms with E-state index < -0.39 is 10.0 Å². The van der Waals surface area contributed by atoms with Crippen molar-refractivity contribution in [3.8, 4) is 0 Å². The Bertz CT molecular complexity index is 1450. The van der Waals surface area contributed by atoms with Gasteiger partial charge in [-0.1, -0.05) is 30.8 Å². The average Bonchev–Trinajstić information content (AvgIpc) is 3.49. The van der Waals surface area contributed by atoms with Gasteiger partial charge in [-0.2, -0.15) is 0 Å². The number of hydrogen-bond donors (Lipinski definition) is 3. The van der Waals surface area contributed by atoms with Crippen LogP contribution in [0.5, 0.6) is 0 Å². The monoisotopic (exact) mass is 514 g/mol. The summed E-state index contributed by atoms with van der Waals surface area (Å²) < 4.78 is 27.5. The minimum atomic E-state index is -3.38. The minimum absolute atomic E-state index is 0.00165. The second-order valence-electron chi connectivity index (χ2n) is 8.14. The highest BCUT2D eigenvalue weighted by Crippen LogP contribution is 2.34. The number of nitrogens with zero attached hydrogens (tertiary/aromatic N) is 1. The van der Waals surface area contributed by atoms with E-state index in [-0.39, 0.29) is 23.6 Å². The van der Waals surface area contributed by atoms with Crippen LogP contribution in [0.15, 0.2) is 47.5 Å². The van der Waals surface area contributed by atoms with Gasteiger partial charge < -0.3 is 10.6 Å². The normalized spacial score (nSPS) is 17.4. The fourth-order valence-corrected chi connectivity index (χ4v) is 6.96. The topological polar surface area (TPSA) is 117 Å². The highest BCUT2D eigenvalue weighted by Gasteiger charge is 2.25. The molecule has 2 aliphatic rings. The van der Waals surface area contributed by atoms with Crippen LogP contribution in [0.2, 0.25) is 0 Å². The Labute approximate surface area is 205 Å². The lowest BCUT2D eigenvalue weighted by atomic mass is 10.0. The number of anilines is 2. The fourth-order valence-electron chi connectivity index (χ4n) is 3.95. The molecular formula is C23H22N4O4S3. The predicted molar refractivity (Wildman–Crippen MR) is 138 cm³/mol. The fraction of sp³-hybridized carbons (Fsp3) is 0.261. The molecule has 176 valence electrons. The molecule has 34 heavy (non-hydrogen) atoms. The van der Waals surface area contributed by atoms with Crippen LogP contribution in [-0.4, -0.2) is 36.9 Å². The van der Waals surface area contributed by atoms with Crippen LogP contribution in [0, 0.1) is 0 Å². The van der Waals surface area contributed by atoms with Gasteiger partial charge in [0.25, 0.3) is 5.91 Å². The quantitative estimate of drug-likeness (QED) is 0.458. The maximum absolute atomic E-state index is 12.8. The summed E-state index contributed by atoms with van der Waals surface area (Å²) >= 11 is 2.83. The van der Waals surface area contributed by atoms with Crippen molar-refractivity contribution >= 4 is 71.6 Å². The number of nitrogens with one attached hydrogen (secondary N) is 3. The first-order valence-corrected chi connectivity index (χ1v) is 14.2. The van der Waals surface area contributed by atoms with Crippen molar-refractivity contribution in [3.05, 3.63) is 58.5 Å². The average molecular weight is 515 g/mol. The van der Waals surface area contributed by atoms with Gasteiger partial charge in [0.15, 0.2) is 5.17 Å². The molecule has 2 amide bonds. The van der Waals surface area contributed by atoms with E-state index in [9.17, 15) is 18.0 Å². The van der Waals surface area contributed by atoms with Crippen molar-refractivity contribution in [2.45, 2.75) is 25.8 Å². The van der Waals surface area contributed by atoms with E-state index >= 15 is 0 Å². The Balaban J connectivity index is 1.28. The molecule has 3 heterocycles. The van der Waals surface area contributed by atoms with Gasteiger partial charge in [0.1, 0.15) is 0 Å². The Morgan fingerprint density at radius 3 is 2.88 bits per heavy atom. The summed E-state index contributed by atoms with van der Waals surface area (Å²) in [4.78, 5) is 29.6. The van der Waals surface area contributed by atoms with Crippen molar-refractivity contribution in [1.29, 1.82) is 0 Å². The number of amidine groups is 1. The first-order chi connectivity index (χ1) is 16.3. The van der Waals surface area contributed by atoms with E-state index in [2.05, 4.69) is 20.3 Å². The number of sulfonamides is 1. The molecule has 2 aliphatic heterocycles. The molecule has 1 aromatic heterocycles. The maximum Gasteiger partial charge on any atom is 0.267 e. The molecule has 1 unspecified atom stereocenters. The standard InChI is InChI=1S/C23H22N4O4S3/c1-2-7-34(30,31)27-16-4-6-19-15(9-16)10-20(33-19)22(29)26-23-25-18(12-32-23)13-3-5-17-14(8-13)11-21(28)24-17/h3-6,8-10,18,27H,2,7,11-12H2,1H3,(H,24,28)(H,25,26,29). The van der Waals surface area contributed by atoms with Crippen LogP contribution in [0.4, 0.5) is 11.4 Å². The Kier molecular flexibility index (Phi) is 6.09. The van der Waals surface area contributed by atoms with Crippen molar-refractivity contribution in [2.75, 3.05) is 21.5 Å². The number of benzene rings is 2. The molecule has 0 aliphatic carbocycles. The zero-order chi connectivity index (χ0) is 23.9. The third kappa shape index (κ3) is 4.82. The SMILES string of the molecule is CCCS(=O)(=O)Nc1ccc2sc(C(=O)NC3=NC(c4ccc5c(c4)CC(=O)N5)CS3)cc2c1. The highest BCUT2D eigenvalue weighted by atomic mass is 32.2. The van der Waals surface area contributed by atoms with Crippen LogP contribution >= 0.6 is 23.1 Å². The summed E-state index contributed by atoms with van der Waals surface area (Å²) in [6.07, 6.45) is 0.913. The zero-order valence-corrected chi connectivity index (χ0v) is 20.7. The van der Waals surface area contributed by atoms with Crippen LogP contribution in [0.3, 0.4) is 0 Å². The third-order valence-corrected chi connectivity index (χ3v) is 9.07. The number of fused-ring (bicyclic) bond motifs is 2. The molecule has 5 rings (SSSR count). The first-order valence-electron chi connectivity index (χ1n) is 10.8. The molecule has 0 saturated heterocycles. The van der Waals surface area contributed by atoms with Gasteiger partial charge in [-0.3, -0.25) is 19.3 Å². The Morgan fingerprint density at radius 2 is 2.06 bits per heavy atom. The molecule has 3 N–H and O–H groups in total. The number of thiophene rings is 1. The van der Waals surface area contributed by atoms with Crippen LogP contribution in [-0.2, 0) is 21.2 Å². The van der Waals surface area contributed by atoms with E-state index in [0.29, 0.717) is 34.3 Å². The Hall–Kier alpha value is -2.89. The van der Waals surface area contributed by atoms with E-state index in [1.165, 1.54) is 23.1 Å². The maximum atomic E-state index is 12.8. The molecule has 1 atom stereocenters. The number of hydrogen-bond acceptors (Lipinski definition) is 7. The van der Waals surface area contributed by atoms with E-state index in [1.54, 1.807) is 18.2 Å². The molecule has 8 nitrogen and oxygen atoms in total. The Morgan fingerprint density at radius 1 is 1.21 bits per heavy atom. The largest absolute Gasteiger partial charge is 0.326 e. The zero-order valence-electron chi connectivity index (χ0n) is 18.3. The second-order valence-corrected chi connectivity index (χ2v) is 12.1. The summed E-state index contributed by atoms with van der Waals surface area (Å²) in [5, 5.41) is 7.08. The van der Waals surface area contributed by atoms with Gasteiger partial charge in [-0.15, -0.1) is 11.3 Å². The van der Waals surface area contributed by atoms with Gasteiger partial charge in [0, 0.05) is 21.8 Å². The molecular weight excluding hydrogens is 492 g/mol. The van der Waals surface area contributed by atoms with E-state index in [0.717, 1.165) is 26.9 Å². The van der Waals surface area contributed by atoms with Gasteiger partial charge in [-0.05, 0) is 53.3 Å². The van der Waals surface area contributed by atoms with Crippen LogP contribution in [0.1, 0.15) is 40.2 Å². The van der Waals surface area contributed by atoms with Gasteiger partial charge >= 0.3 is 0 Å². The van der Waals surface area contributed by atoms with Gasteiger partial charge in [0.05, 0.1) is 23.1 Å². The first kappa shape index (κ1) is 22.9. The summed E-state index contributed by atoms with van der Waals surface area (Å²) in [7, 11) is -3.38. The van der Waals surface area contributed by atoms with Crippen LogP contribution < -0.4 is 15.4 Å². The lowest BCUT2D eigenvalue weighted by Gasteiger charge is -2.07. The van der Waals surface area contributed by atoms with Crippen molar-refractivity contribution < 1.29 is 18.0 Å². The molecule has 0 bridgehead atoms. The lowest BCUT2D eigenvalue weighted by molar-refractivity contribution is -0.115. The summed E-state index contributed by atoms with van der Waals surface area (Å²) in [6.45, 7) is 1.81. The molecule has 3 aromatic rings. The molecule has 0 spiro atoms. The van der Waals surface area contributed by atoms with E-state index in [4.69, 9.17) is 0 Å². The van der Waals surface area contributed by atoms with E-state index in [1.807, 2.05) is 31.2 Å². The van der Waals surface area contributed by atoms with Crippen molar-refractivity contribution in [2.24, 2.45) is 4.99 Å². The molecule has 11 heteroatoms. The van der Waals surface area contributed by atoms with Crippen LogP contribution in [0.25, 0.3) is 10.1 Å². The number of carbonyl (C=O) groups excluding carboxylic acids is 2. The highest BCUT2D eigenvalue weighted by molar-refractivity contribution is 8.14. The van der Waals surface area contributed by atoms with Crippen molar-refractivity contribution in [3.63, 3.8) is 0 Å². The number of thioether (sulfide) groups is 1. The smallest absolute Gasteiger partial charge is 0.267 e. The number of carbonyl (C=O) groups is 2. The summed E-state index contributed by atoms with van der Waals surface area (Å²) in [5.41, 5.74) is 3.33. The van der Waals surface area contributed by atoms with Crippen molar-refractivity contribution in [1.82, 2.24) is 5.32 Å². The third-order valence-electron chi connectivity index (χ3n) is 5.50. The van der Waals surface area contributed by atoms with Gasteiger partial charge in [0.2, 0.25) is 15.9 Å². The minimum Gasteiger partial charge on any atom is -0.326 e. The number of rotatable bonds is 6. The molecule has 0 fully saturated rings. The second kappa shape index (κ2) is 9.05. The predicted octanol–water partition coefficient (Wildman–Crippen LogP) is 4.12. The molecule has 0 saturated carbocycles. The molecule has 2 aromatic carbocycles. The number of aliphatic imine (C=N–C) groups is 1. The van der Waals surface area contributed by atoms with Gasteiger partial charge in [-0.25, -0.2) is 8.42 Å².